The molecule has 0 aromatic rings. The van der Waals surface area contributed by atoms with E-state index in [4.69, 9.17) is 10.7 Å². The number of rotatable bonds is 0. The number of hydrogen-bond donors (Lipinski definition) is 1. The summed E-state index contributed by atoms with van der Waals surface area (Å²) >= 11 is 3.81. The van der Waals surface area contributed by atoms with Gasteiger partial charge < -0.3 is 0 Å². The molecule has 0 amide bonds. The van der Waals surface area contributed by atoms with Gasteiger partial charge in [-0.25, -0.2) is 5.41 Å². The zero-order chi connectivity index (χ0) is 5.41. The van der Waals surface area contributed by atoms with Crippen molar-refractivity contribution in [2.45, 2.75) is 6.92 Å². The fourth-order valence-electron chi connectivity index (χ4n) is 0. The normalized spacial score (nSPS) is 2.67. The molecule has 1 N–H and O–H groups in total. The number of thiocarbonyl (C=S) groups is 1. The van der Waals surface area contributed by atoms with E-state index in [9.17, 15) is 0 Å². The van der Waals surface area contributed by atoms with Crippen molar-refractivity contribution in [3.05, 3.63) is 0 Å². The maximum Gasteiger partial charge on any atom is 0.0587 e. The zero-order valence-corrected chi connectivity index (χ0v) is 4.17. The minimum absolute atomic E-state index is 1.43. The van der Waals surface area contributed by atoms with Crippen molar-refractivity contribution in [2.24, 2.45) is 0 Å². The topological polar surface area (TPSA) is 47.6 Å². The minimum Gasteiger partial charge on any atom is -0.248 e. The Labute approximate surface area is 41.9 Å². The van der Waals surface area contributed by atoms with Crippen LogP contribution in [0.1, 0.15) is 6.92 Å². The largest absolute Gasteiger partial charge is 0.248 e. The maximum atomic E-state index is 7.32. The van der Waals surface area contributed by atoms with Gasteiger partial charge >= 0.3 is 0 Å². The summed E-state index contributed by atoms with van der Waals surface area (Å²) in [6.07, 6.45) is 0. The van der Waals surface area contributed by atoms with E-state index in [1.807, 2.05) is 0 Å². The summed E-state index contributed by atoms with van der Waals surface area (Å²) in [7, 11) is 0. The third-order valence-corrected chi connectivity index (χ3v) is 0. The van der Waals surface area contributed by atoms with E-state index in [2.05, 4.69) is 12.2 Å². The molecule has 3 heteroatoms. The highest BCUT2D eigenvalue weighted by atomic mass is 32.1. The first-order valence-electron chi connectivity index (χ1n) is 1.18. The molecule has 0 saturated carbocycles. The lowest BCUT2D eigenvalue weighted by Crippen LogP contribution is -1.10. The van der Waals surface area contributed by atoms with Crippen LogP contribution in [-0.4, -0.2) is 5.16 Å². The summed E-state index contributed by atoms with van der Waals surface area (Å²) in [4.78, 5) is 0. The van der Waals surface area contributed by atoms with Crippen LogP contribution in [0.5, 0.6) is 0 Å². The molecule has 0 spiro atoms. The molecule has 32 valence electrons. The molecule has 0 aliphatic carbocycles. The average Bonchev–Trinajstić information content (AvgIpc) is 1.39. The molecular formula is C3H4N2S. The average molecular weight is 100 g/mol. The van der Waals surface area contributed by atoms with E-state index in [1.165, 1.54) is 6.92 Å². The molecule has 0 fully saturated rings. The van der Waals surface area contributed by atoms with Gasteiger partial charge in [-0.3, -0.25) is 0 Å². The van der Waals surface area contributed by atoms with Crippen LogP contribution in [0.15, 0.2) is 0 Å². The molecule has 0 rings (SSSR count). The second-order valence-electron chi connectivity index (χ2n) is 0.326. The van der Waals surface area contributed by atoms with Crippen molar-refractivity contribution in [2.75, 3.05) is 0 Å². The van der Waals surface area contributed by atoms with Crippen molar-refractivity contribution in [1.82, 2.24) is 0 Å². The van der Waals surface area contributed by atoms with Crippen LogP contribution in [0.4, 0.5) is 0 Å². The summed E-state index contributed by atoms with van der Waals surface area (Å²) < 4.78 is 0. The Kier molecular flexibility index (Phi) is 41.8. The van der Waals surface area contributed by atoms with E-state index in [0.29, 0.717) is 0 Å². The Bertz CT molecular complexity index is 75.3. The van der Waals surface area contributed by atoms with Gasteiger partial charge in [0.15, 0.2) is 0 Å². The highest BCUT2D eigenvalue weighted by Gasteiger charge is 1.17. The van der Waals surface area contributed by atoms with Gasteiger partial charge in [-0.2, -0.15) is 5.26 Å². The Morgan fingerprint density at radius 1 is 1.83 bits per heavy atom. The lowest BCUT2D eigenvalue weighted by Gasteiger charge is -1.15. The van der Waals surface area contributed by atoms with Crippen molar-refractivity contribution in [1.29, 1.82) is 10.7 Å². The Morgan fingerprint density at radius 3 is 1.83 bits per heavy atom. The van der Waals surface area contributed by atoms with Gasteiger partial charge in [0.1, 0.15) is 0 Å². The molecule has 0 aromatic carbocycles. The van der Waals surface area contributed by atoms with Crippen molar-refractivity contribution in [3.8, 4) is 6.07 Å². The molecule has 0 aliphatic rings. The highest BCUT2D eigenvalue weighted by molar-refractivity contribution is 7.78. The predicted octanol–water partition coefficient (Wildman–Crippen LogP) is 1.20. The Balaban J connectivity index is 0. The van der Waals surface area contributed by atoms with Crippen molar-refractivity contribution >= 4 is 17.4 Å². The summed E-state index contributed by atoms with van der Waals surface area (Å²) in [5.74, 6) is 0. The molecule has 0 radical (unpaired) electrons. The Morgan fingerprint density at radius 2 is 1.83 bits per heavy atom. The molecule has 0 bridgehead atoms. The monoisotopic (exact) mass is 100 g/mol. The van der Waals surface area contributed by atoms with Crippen LogP contribution in [-0.2, 0) is 0 Å². The first kappa shape index (κ1) is 8.99. The van der Waals surface area contributed by atoms with Gasteiger partial charge in [0.25, 0.3) is 0 Å². The maximum absolute atomic E-state index is 7.32. The fraction of sp³-hybridized carbons (Fsp3) is 0.333. The third-order valence-electron chi connectivity index (χ3n) is 0. The molecule has 2 nitrogen and oxygen atoms in total. The van der Waals surface area contributed by atoms with Crippen LogP contribution in [0, 0.1) is 16.7 Å². The van der Waals surface area contributed by atoms with E-state index in [-0.39, 0.29) is 0 Å². The molecule has 0 saturated heterocycles. The van der Waals surface area contributed by atoms with Gasteiger partial charge in [-0.05, 0) is 12.2 Å². The van der Waals surface area contributed by atoms with Crippen molar-refractivity contribution in [3.63, 3.8) is 0 Å². The quantitative estimate of drug-likeness (QED) is 0.367. The smallest absolute Gasteiger partial charge is 0.0587 e. The number of nitrogens with one attached hydrogen (secondary N) is 1. The van der Waals surface area contributed by atoms with Gasteiger partial charge in [-0.15, -0.1) is 0 Å². The van der Waals surface area contributed by atoms with E-state index >= 15 is 0 Å². The Hall–Kier alpha value is -0.710. The minimum atomic E-state index is 1.43. The van der Waals surface area contributed by atoms with Gasteiger partial charge in [-0.1, -0.05) is 0 Å². The summed E-state index contributed by atoms with van der Waals surface area (Å²) in [5, 5.41) is 14.7. The lowest BCUT2D eigenvalue weighted by atomic mass is 11.0. The SMILES string of the molecule is CC#N.N=C=S. The second-order valence-corrected chi connectivity index (χ2v) is 0.530. The molecule has 0 aliphatic heterocycles. The molecule has 0 heterocycles. The first-order chi connectivity index (χ1) is 2.83. The van der Waals surface area contributed by atoms with Crippen LogP contribution < -0.4 is 0 Å². The van der Waals surface area contributed by atoms with Gasteiger partial charge in [0.05, 0.1) is 11.2 Å². The molecule has 6 heavy (non-hydrogen) atoms. The fourth-order valence-corrected chi connectivity index (χ4v) is 0. The van der Waals surface area contributed by atoms with Crippen LogP contribution >= 0.6 is 12.2 Å². The molecule has 0 atom stereocenters. The van der Waals surface area contributed by atoms with Crippen molar-refractivity contribution < 1.29 is 0 Å². The standard InChI is InChI=1S/C2H3N.CHNS/c1-2-3;2-1-3/h1H3;2H. The third kappa shape index (κ3) is 34.2. The molecule has 0 aromatic heterocycles. The predicted molar refractivity (Wildman–Crippen MR) is 26.6 cm³/mol. The van der Waals surface area contributed by atoms with Crippen LogP contribution in [0.3, 0.4) is 0 Å². The highest BCUT2D eigenvalue weighted by Crippen LogP contribution is 1.21. The zero-order valence-electron chi connectivity index (χ0n) is 3.36. The number of nitrogens with zero attached hydrogens (tertiary/aromatic N) is 1. The van der Waals surface area contributed by atoms with E-state index < -0.39 is 0 Å². The number of nitriles is 1. The van der Waals surface area contributed by atoms with Crippen LogP contribution in [0.25, 0.3) is 0 Å². The van der Waals surface area contributed by atoms with E-state index in [0.717, 1.165) is 0 Å². The lowest BCUT2D eigenvalue weighted by molar-refractivity contribution is 1.49. The number of hydrogen-bond acceptors (Lipinski definition) is 3. The summed E-state index contributed by atoms with van der Waals surface area (Å²) in [6.45, 7) is 1.43. The van der Waals surface area contributed by atoms with E-state index in [1.54, 1.807) is 11.2 Å². The van der Waals surface area contributed by atoms with Gasteiger partial charge in [0, 0.05) is 6.92 Å². The van der Waals surface area contributed by atoms with Gasteiger partial charge in [0.2, 0.25) is 0 Å². The number of isothiocyanates is 1. The summed E-state index contributed by atoms with van der Waals surface area (Å²) in [6, 6.07) is 1.75. The second kappa shape index (κ2) is 27.9. The molecular weight excluding hydrogens is 96.1 g/mol. The summed E-state index contributed by atoms with van der Waals surface area (Å²) in [5.41, 5.74) is 0. The van der Waals surface area contributed by atoms with Crippen LogP contribution in [0.2, 0.25) is 0 Å². The molecule has 0 unspecified atom stereocenters. The first-order valence-corrected chi connectivity index (χ1v) is 1.59.